The fourth-order valence-electron chi connectivity index (χ4n) is 1.17. The maximum absolute atomic E-state index is 9.16. The summed E-state index contributed by atoms with van der Waals surface area (Å²) in [5.74, 6) is 0. The van der Waals surface area contributed by atoms with Crippen LogP contribution in [-0.4, -0.2) is 24.7 Å². The van der Waals surface area contributed by atoms with E-state index in [0.29, 0.717) is 6.61 Å². The van der Waals surface area contributed by atoms with E-state index < -0.39 is 7.12 Å². The van der Waals surface area contributed by atoms with Crippen molar-refractivity contribution in [2.24, 2.45) is 0 Å². The number of benzene rings is 1. The van der Waals surface area contributed by atoms with E-state index in [1.165, 1.54) is 0 Å². The van der Waals surface area contributed by atoms with Crippen LogP contribution in [0.15, 0.2) is 24.3 Å². The molecule has 0 bridgehead atoms. The molecule has 1 aromatic carbocycles. The van der Waals surface area contributed by atoms with Crippen LogP contribution in [0.4, 0.5) is 0 Å². The summed E-state index contributed by atoms with van der Waals surface area (Å²) in [6, 6.07) is 7.69. The van der Waals surface area contributed by atoms with Crippen molar-refractivity contribution in [3.63, 3.8) is 0 Å². The van der Waals surface area contributed by atoms with Gasteiger partial charge in [0.25, 0.3) is 0 Å². The van der Waals surface area contributed by atoms with Crippen LogP contribution >= 0.6 is 11.8 Å². The van der Waals surface area contributed by atoms with Crippen LogP contribution in [0.2, 0.25) is 0 Å². The minimum absolute atomic E-state index is 0. The second-order valence-corrected chi connectivity index (χ2v) is 3.59. The maximum atomic E-state index is 9.16. The van der Waals surface area contributed by atoms with Crippen LogP contribution in [0.3, 0.4) is 0 Å². The second-order valence-electron chi connectivity index (χ2n) is 2.77. The molecule has 1 radical (unpaired) electrons. The van der Waals surface area contributed by atoms with Crippen molar-refractivity contribution >= 4 is 24.3 Å². The van der Waals surface area contributed by atoms with E-state index in [-0.39, 0.29) is 20.4 Å². The van der Waals surface area contributed by atoms with E-state index in [1.54, 1.807) is 11.8 Å². The molecule has 1 heterocycles. The summed E-state index contributed by atoms with van der Waals surface area (Å²) in [7, 11) is -0.698. The van der Waals surface area contributed by atoms with Gasteiger partial charge in [-0.05, 0) is 23.5 Å². The molecule has 0 aromatic heterocycles. The third-order valence-electron chi connectivity index (χ3n) is 1.72. The zero-order valence-electron chi connectivity index (χ0n) is 8.24. The van der Waals surface area contributed by atoms with Crippen molar-refractivity contribution in [1.82, 2.24) is 0 Å². The Morgan fingerprint density at radius 1 is 1.36 bits per heavy atom. The summed E-state index contributed by atoms with van der Waals surface area (Å²) in [5, 5.41) is 9.16. The van der Waals surface area contributed by atoms with E-state index in [2.05, 4.69) is 0 Å². The largest absolute Gasteiger partial charge is 0.491 e. The Morgan fingerprint density at radius 3 is 2.50 bits per heavy atom. The normalized spacial score (nSPS) is 12.4. The van der Waals surface area contributed by atoms with Crippen molar-refractivity contribution < 1.29 is 30.1 Å². The molecule has 0 saturated heterocycles. The molecule has 5 heteroatoms. The van der Waals surface area contributed by atoms with Gasteiger partial charge in [-0.2, -0.15) is 11.8 Å². The maximum Gasteiger partial charge on any atom is 0.491 e. The van der Waals surface area contributed by atoms with Crippen molar-refractivity contribution in [3.05, 3.63) is 29.8 Å². The first-order valence-corrected chi connectivity index (χ1v) is 5.70. The molecule has 0 aliphatic carbocycles. The molecule has 14 heavy (non-hydrogen) atoms. The minimum atomic E-state index is -0.698. The molecule has 2 nitrogen and oxygen atoms in total. The van der Waals surface area contributed by atoms with Crippen LogP contribution in [0, 0.1) is 0 Å². The van der Waals surface area contributed by atoms with Gasteiger partial charge in [-0.3, -0.25) is 0 Å². The molecule has 0 spiro atoms. The fourth-order valence-corrected chi connectivity index (χ4v) is 1.17. The predicted molar refractivity (Wildman–Crippen MR) is 58.3 cm³/mol. The number of hydrogen-bond donors (Lipinski definition) is 1. The summed E-state index contributed by atoms with van der Waals surface area (Å²) in [5.41, 5.74) is 2.00. The van der Waals surface area contributed by atoms with Gasteiger partial charge in [-0.25, -0.2) is 0 Å². The fraction of sp³-hybridized carbons (Fsp3) is 0.333. The topological polar surface area (TPSA) is 29.5 Å². The molecule has 1 aliphatic rings. The Morgan fingerprint density at radius 2 is 1.93 bits per heavy atom. The first-order valence-electron chi connectivity index (χ1n) is 4.07. The number of fused-ring (bicyclic) bond motifs is 1. The third kappa shape index (κ3) is 3.76. The molecule has 0 fully saturated rings. The monoisotopic (exact) mass is 383 g/mol. The van der Waals surface area contributed by atoms with Crippen LogP contribution < -0.4 is 5.46 Å². The number of thioether (sulfide) groups is 1. The van der Waals surface area contributed by atoms with E-state index in [4.69, 9.17) is 9.68 Å². The molecular formula is C9H13BO2ReS. The van der Waals surface area contributed by atoms with Crippen LogP contribution in [0.25, 0.3) is 0 Å². The zero-order valence-corrected chi connectivity index (χ0v) is 11.8. The Balaban J connectivity index is 0.000000381. The summed E-state index contributed by atoms with van der Waals surface area (Å²) >= 11 is 1.75. The van der Waals surface area contributed by atoms with Gasteiger partial charge in [0.2, 0.25) is 0 Å². The van der Waals surface area contributed by atoms with Crippen LogP contribution in [0.5, 0.6) is 0 Å². The molecule has 1 aromatic rings. The molecule has 0 atom stereocenters. The van der Waals surface area contributed by atoms with E-state index in [1.807, 2.05) is 36.8 Å². The summed E-state index contributed by atoms with van der Waals surface area (Å²) in [6.45, 7) is 0.539. The summed E-state index contributed by atoms with van der Waals surface area (Å²) in [6.07, 6.45) is 4.08. The predicted octanol–water partition coefficient (Wildman–Crippen LogP) is 0.881. The SMILES string of the molecule is CSC.OB1OCc2ccccc21.[Re]. The van der Waals surface area contributed by atoms with Gasteiger partial charge in [-0.1, -0.05) is 24.3 Å². The average Bonchev–Trinajstić information content (AvgIpc) is 2.50. The quantitative estimate of drug-likeness (QED) is 0.676. The van der Waals surface area contributed by atoms with Crippen molar-refractivity contribution in [2.75, 3.05) is 12.5 Å². The molecule has 77 valence electrons. The molecule has 1 N–H and O–H groups in total. The standard InChI is InChI=1S/C7H7BO2.C2H6S.Re/c9-8-7-4-2-1-3-6(7)5-10-8;1-3-2;/h1-4,9H,5H2;1-2H3;. The first kappa shape index (κ1) is 14.2. The summed E-state index contributed by atoms with van der Waals surface area (Å²) in [4.78, 5) is 0. The van der Waals surface area contributed by atoms with Crippen molar-refractivity contribution in [1.29, 1.82) is 0 Å². The molecule has 2 rings (SSSR count). The van der Waals surface area contributed by atoms with Gasteiger partial charge in [0.1, 0.15) is 0 Å². The van der Waals surface area contributed by atoms with Crippen LogP contribution in [-0.2, 0) is 31.7 Å². The molecule has 0 saturated carbocycles. The van der Waals surface area contributed by atoms with E-state index >= 15 is 0 Å². The Labute approximate surface area is 103 Å². The van der Waals surface area contributed by atoms with Gasteiger partial charge >= 0.3 is 7.12 Å². The molecular weight excluding hydrogens is 369 g/mol. The van der Waals surface area contributed by atoms with Crippen LogP contribution in [0.1, 0.15) is 5.56 Å². The molecule has 0 amide bonds. The minimum Gasteiger partial charge on any atom is -0.423 e. The van der Waals surface area contributed by atoms with Crippen molar-refractivity contribution in [3.8, 4) is 0 Å². The number of rotatable bonds is 0. The van der Waals surface area contributed by atoms with Gasteiger partial charge in [0, 0.05) is 20.4 Å². The summed E-state index contributed by atoms with van der Waals surface area (Å²) < 4.78 is 4.98. The smallest absolute Gasteiger partial charge is 0.423 e. The Bertz CT molecular complexity index is 273. The first-order chi connectivity index (χ1) is 6.29. The van der Waals surface area contributed by atoms with Gasteiger partial charge in [0.05, 0.1) is 6.61 Å². The van der Waals surface area contributed by atoms with E-state index in [9.17, 15) is 0 Å². The van der Waals surface area contributed by atoms with Gasteiger partial charge in [0.15, 0.2) is 0 Å². The zero-order chi connectivity index (χ0) is 9.68. The van der Waals surface area contributed by atoms with E-state index in [0.717, 1.165) is 11.0 Å². The van der Waals surface area contributed by atoms with Gasteiger partial charge in [-0.15, -0.1) is 0 Å². The Kier molecular flexibility index (Phi) is 7.62. The van der Waals surface area contributed by atoms with Gasteiger partial charge < -0.3 is 9.68 Å². The average molecular weight is 382 g/mol. The van der Waals surface area contributed by atoms with Crippen molar-refractivity contribution in [2.45, 2.75) is 6.61 Å². The number of hydrogen-bond acceptors (Lipinski definition) is 3. The Hall–Kier alpha value is 0.217. The molecule has 1 aliphatic heterocycles. The third-order valence-corrected chi connectivity index (χ3v) is 1.72. The molecule has 0 unspecified atom stereocenters. The second kappa shape index (κ2) is 7.50.